The van der Waals surface area contributed by atoms with Crippen molar-refractivity contribution in [1.82, 2.24) is 4.90 Å². The SMILES string of the molecule is CCN1C(=O)C(=Cc2cccc(OCCOc3cc(C)cc(C)c3)c2)SC1=S. The number of nitrogens with zero attached hydrogens (tertiary/aromatic N) is 1. The van der Waals surface area contributed by atoms with Crippen molar-refractivity contribution >= 4 is 40.3 Å². The summed E-state index contributed by atoms with van der Waals surface area (Å²) in [4.78, 5) is 14.6. The number of ether oxygens (including phenoxy) is 2. The van der Waals surface area contributed by atoms with Crippen LogP contribution in [0.5, 0.6) is 11.5 Å². The minimum absolute atomic E-state index is 0.0364. The first-order valence-corrected chi connectivity index (χ1v) is 10.4. The molecule has 4 nitrogen and oxygen atoms in total. The van der Waals surface area contributed by atoms with Crippen molar-refractivity contribution < 1.29 is 14.3 Å². The maximum Gasteiger partial charge on any atom is 0.266 e. The van der Waals surface area contributed by atoms with Gasteiger partial charge in [-0.3, -0.25) is 9.69 Å². The van der Waals surface area contributed by atoms with E-state index in [9.17, 15) is 4.79 Å². The van der Waals surface area contributed by atoms with Crippen LogP contribution < -0.4 is 9.47 Å². The third-order valence-corrected chi connectivity index (χ3v) is 5.54. The zero-order valence-corrected chi connectivity index (χ0v) is 17.9. The van der Waals surface area contributed by atoms with Crippen LogP contribution in [0.4, 0.5) is 0 Å². The molecule has 6 heteroatoms. The number of amides is 1. The fourth-order valence-electron chi connectivity index (χ4n) is 2.95. The standard InChI is InChI=1S/C22H23NO3S2/c1-4-23-21(24)20(28-22(23)27)14-17-6-5-7-18(13-17)25-8-9-26-19-11-15(2)10-16(3)12-19/h5-7,10-14H,4,8-9H2,1-3H3. The van der Waals surface area contributed by atoms with E-state index in [0.717, 1.165) is 17.1 Å². The first-order chi connectivity index (χ1) is 13.5. The number of rotatable bonds is 7. The van der Waals surface area contributed by atoms with Gasteiger partial charge in [0.1, 0.15) is 29.0 Å². The molecule has 0 radical (unpaired) electrons. The molecular formula is C22H23NO3S2. The highest BCUT2D eigenvalue weighted by Gasteiger charge is 2.30. The van der Waals surface area contributed by atoms with Crippen LogP contribution in [0.1, 0.15) is 23.6 Å². The third-order valence-electron chi connectivity index (χ3n) is 4.16. The second-order valence-corrected chi connectivity index (χ2v) is 8.19. The van der Waals surface area contributed by atoms with E-state index in [0.29, 0.717) is 29.0 Å². The Balaban J connectivity index is 1.57. The second-order valence-electron chi connectivity index (χ2n) is 6.52. The summed E-state index contributed by atoms with van der Waals surface area (Å²) in [5, 5.41) is 0. The molecule has 1 fully saturated rings. The highest BCUT2D eigenvalue weighted by atomic mass is 32.2. The topological polar surface area (TPSA) is 38.8 Å². The van der Waals surface area contributed by atoms with Crippen LogP contribution in [0.2, 0.25) is 0 Å². The lowest BCUT2D eigenvalue weighted by molar-refractivity contribution is -0.121. The Kier molecular flexibility index (Phi) is 6.75. The number of likely N-dealkylation sites (N-methyl/N-ethyl adjacent to an activating group) is 1. The molecule has 1 heterocycles. The number of benzene rings is 2. The number of carbonyl (C=O) groups excluding carboxylic acids is 1. The van der Waals surface area contributed by atoms with Gasteiger partial charge in [-0.1, -0.05) is 42.2 Å². The quantitative estimate of drug-likeness (QED) is 0.364. The maximum absolute atomic E-state index is 12.3. The highest BCUT2D eigenvalue weighted by molar-refractivity contribution is 8.26. The lowest BCUT2D eigenvalue weighted by atomic mass is 10.1. The maximum atomic E-state index is 12.3. The van der Waals surface area contributed by atoms with E-state index in [1.54, 1.807) is 4.90 Å². The monoisotopic (exact) mass is 413 g/mol. The molecule has 0 aliphatic carbocycles. The number of hydrogen-bond acceptors (Lipinski definition) is 5. The Morgan fingerprint density at radius 3 is 2.36 bits per heavy atom. The molecule has 28 heavy (non-hydrogen) atoms. The van der Waals surface area contributed by atoms with Crippen LogP contribution in [0.25, 0.3) is 6.08 Å². The zero-order valence-electron chi connectivity index (χ0n) is 16.2. The van der Waals surface area contributed by atoms with Crippen LogP contribution in [-0.4, -0.2) is 34.9 Å². The minimum Gasteiger partial charge on any atom is -0.490 e. The van der Waals surface area contributed by atoms with E-state index in [2.05, 4.69) is 19.9 Å². The summed E-state index contributed by atoms with van der Waals surface area (Å²) in [6.45, 7) is 7.51. The summed E-state index contributed by atoms with van der Waals surface area (Å²) < 4.78 is 12.2. The molecule has 1 saturated heterocycles. The van der Waals surface area contributed by atoms with Gasteiger partial charge < -0.3 is 9.47 Å². The number of thiocarbonyl (C=S) groups is 1. The Labute approximate surface area is 175 Å². The summed E-state index contributed by atoms with van der Waals surface area (Å²) in [5.41, 5.74) is 3.26. The summed E-state index contributed by atoms with van der Waals surface area (Å²) in [7, 11) is 0. The summed E-state index contributed by atoms with van der Waals surface area (Å²) in [6.07, 6.45) is 1.86. The molecule has 0 spiro atoms. The Morgan fingerprint density at radius 1 is 1.04 bits per heavy atom. The predicted molar refractivity (Wildman–Crippen MR) is 119 cm³/mol. The fourth-order valence-corrected chi connectivity index (χ4v) is 4.34. The van der Waals surface area contributed by atoms with Gasteiger partial charge in [-0.2, -0.15) is 0 Å². The van der Waals surface area contributed by atoms with Gasteiger partial charge in [0, 0.05) is 6.54 Å². The van der Waals surface area contributed by atoms with E-state index in [4.69, 9.17) is 21.7 Å². The van der Waals surface area contributed by atoms with Gasteiger partial charge in [-0.25, -0.2) is 0 Å². The number of thioether (sulfide) groups is 1. The van der Waals surface area contributed by atoms with Crippen molar-refractivity contribution in [3.05, 3.63) is 64.1 Å². The Hall–Kier alpha value is -2.31. The molecule has 146 valence electrons. The van der Waals surface area contributed by atoms with E-state index in [1.165, 1.54) is 22.9 Å². The third kappa shape index (κ3) is 5.14. The zero-order chi connectivity index (χ0) is 20.1. The van der Waals surface area contributed by atoms with Gasteiger partial charge in [-0.15, -0.1) is 0 Å². The average molecular weight is 414 g/mol. The molecule has 1 aliphatic rings. The normalized spacial score (nSPS) is 15.4. The molecule has 0 bridgehead atoms. The lowest BCUT2D eigenvalue weighted by Gasteiger charge is -2.10. The molecule has 0 N–H and O–H groups in total. The average Bonchev–Trinajstić information content (AvgIpc) is 2.91. The first kappa shape index (κ1) is 20.4. The van der Waals surface area contributed by atoms with Crippen LogP contribution in [0.15, 0.2) is 47.4 Å². The predicted octanol–water partition coefficient (Wildman–Crippen LogP) is 4.98. The smallest absolute Gasteiger partial charge is 0.266 e. The fraction of sp³-hybridized carbons (Fsp3) is 0.273. The Bertz CT molecular complexity index is 903. The van der Waals surface area contributed by atoms with Crippen LogP contribution in [0, 0.1) is 13.8 Å². The molecule has 1 aliphatic heterocycles. The molecule has 3 rings (SSSR count). The largest absolute Gasteiger partial charge is 0.490 e. The molecule has 0 saturated carbocycles. The van der Waals surface area contributed by atoms with Crippen LogP contribution in [-0.2, 0) is 4.79 Å². The van der Waals surface area contributed by atoms with E-state index in [-0.39, 0.29) is 5.91 Å². The van der Waals surface area contributed by atoms with Gasteiger partial charge in [0.15, 0.2) is 0 Å². The van der Waals surface area contributed by atoms with Gasteiger partial charge >= 0.3 is 0 Å². The van der Waals surface area contributed by atoms with Crippen LogP contribution >= 0.6 is 24.0 Å². The highest BCUT2D eigenvalue weighted by Crippen LogP contribution is 2.32. The van der Waals surface area contributed by atoms with Crippen molar-refractivity contribution in [2.75, 3.05) is 19.8 Å². The van der Waals surface area contributed by atoms with Crippen molar-refractivity contribution in [2.24, 2.45) is 0 Å². The van der Waals surface area contributed by atoms with Gasteiger partial charge in [0.05, 0.1) is 4.91 Å². The van der Waals surface area contributed by atoms with E-state index in [1.807, 2.05) is 49.4 Å². The molecule has 2 aromatic rings. The number of carbonyl (C=O) groups is 1. The molecule has 0 unspecified atom stereocenters. The first-order valence-electron chi connectivity index (χ1n) is 9.15. The van der Waals surface area contributed by atoms with Crippen molar-refractivity contribution in [3.8, 4) is 11.5 Å². The molecular weight excluding hydrogens is 390 g/mol. The summed E-state index contributed by atoms with van der Waals surface area (Å²) in [5.74, 6) is 1.56. The molecule has 0 atom stereocenters. The number of hydrogen-bond donors (Lipinski definition) is 0. The van der Waals surface area contributed by atoms with Gasteiger partial charge in [0.25, 0.3) is 5.91 Å². The van der Waals surface area contributed by atoms with E-state index < -0.39 is 0 Å². The minimum atomic E-state index is -0.0364. The van der Waals surface area contributed by atoms with Crippen molar-refractivity contribution in [3.63, 3.8) is 0 Å². The summed E-state index contributed by atoms with van der Waals surface area (Å²) >= 11 is 6.59. The van der Waals surface area contributed by atoms with Gasteiger partial charge in [0.2, 0.25) is 0 Å². The van der Waals surface area contributed by atoms with E-state index >= 15 is 0 Å². The molecule has 0 aromatic heterocycles. The summed E-state index contributed by atoms with van der Waals surface area (Å²) in [6, 6.07) is 13.8. The van der Waals surface area contributed by atoms with Gasteiger partial charge in [-0.05, 0) is 67.8 Å². The van der Waals surface area contributed by atoms with Crippen LogP contribution in [0.3, 0.4) is 0 Å². The van der Waals surface area contributed by atoms with Crippen molar-refractivity contribution in [1.29, 1.82) is 0 Å². The van der Waals surface area contributed by atoms with Crippen molar-refractivity contribution in [2.45, 2.75) is 20.8 Å². The molecule has 2 aromatic carbocycles. The Morgan fingerprint density at radius 2 is 1.71 bits per heavy atom. The lowest BCUT2D eigenvalue weighted by Crippen LogP contribution is -2.27. The second kappa shape index (κ2) is 9.26. The number of aryl methyl sites for hydroxylation is 2. The molecule has 1 amide bonds.